The van der Waals surface area contributed by atoms with Crippen LogP contribution in [-0.2, 0) is 27.1 Å². The topological polar surface area (TPSA) is 218 Å². The highest BCUT2D eigenvalue weighted by Crippen LogP contribution is 2.51. The maximum Gasteiger partial charge on any atom is 0.417 e. The van der Waals surface area contributed by atoms with Crippen LogP contribution in [0.5, 0.6) is 11.8 Å². The molecule has 3 aromatic heterocycles. The van der Waals surface area contributed by atoms with E-state index in [-0.39, 0.29) is 94.3 Å². The third-order valence-electron chi connectivity index (χ3n) is 15.9. The number of fused-ring (bicyclic) bond motifs is 4. The van der Waals surface area contributed by atoms with Gasteiger partial charge in [0.15, 0.2) is 5.75 Å². The first kappa shape index (κ1) is 57.6. The molecule has 11 rings (SSSR count). The van der Waals surface area contributed by atoms with Crippen molar-refractivity contribution in [1.82, 2.24) is 50.7 Å². The lowest BCUT2D eigenvalue weighted by molar-refractivity contribution is -0.142. The molecule has 5 N–H and O–H groups in total. The lowest BCUT2D eigenvalue weighted by Gasteiger charge is -2.30. The first-order valence-electron chi connectivity index (χ1n) is 27.2. The highest BCUT2D eigenvalue weighted by atomic mass is 19.4. The minimum Gasteiger partial charge on any atom is -0.486 e. The van der Waals surface area contributed by atoms with Crippen LogP contribution in [-0.4, -0.2) is 132 Å². The molecule has 8 aromatic rings. The number of likely N-dealkylation sites (tertiary alicyclic amines) is 1. The van der Waals surface area contributed by atoms with Gasteiger partial charge in [-0.2, -0.15) is 28.2 Å². The average molecular weight is 1170 g/mol. The molecule has 3 saturated heterocycles. The van der Waals surface area contributed by atoms with Crippen molar-refractivity contribution in [2.75, 3.05) is 44.9 Å². The van der Waals surface area contributed by atoms with E-state index in [1.165, 1.54) is 60.1 Å². The smallest absolute Gasteiger partial charge is 0.417 e. The molecule has 0 radical (unpaired) electrons. The standard InChI is InChI=1S/C59H58F7N11O7/c1-28(2)53(57(81)76-23-38(79)17-48(76)56(80)69-47(25-78)33-10-12-34(13-11-33)50-43(62)14-35(60)15-44(50)63)77-24-46(73-74-77)32-8-6-31(7-9-32)27-83-54-51(49-30(4)42(61)19-45-40(49)21-68-72-45)41(59(64,65)66)18-39-52(54)70-58(84-26-29(3)82-5)71-55(39)75-22-36-16-37(75)20-67-36/h6-15,18-19,21,24,28-29,36-38,47-48,53,67,78-79H,16-17,20,22-23,25-27H2,1-5H3,(H,68,72)(H,69,80)/t29-,36-,37-,38+,47-,48-,53-/m0/s1. The van der Waals surface area contributed by atoms with E-state index in [4.69, 9.17) is 24.2 Å². The predicted molar refractivity (Wildman–Crippen MR) is 293 cm³/mol. The third-order valence-corrected chi connectivity index (χ3v) is 15.9. The quantitative estimate of drug-likeness (QED) is 0.0509. The summed E-state index contributed by atoms with van der Waals surface area (Å²) in [4.78, 5) is 41.2. The molecule has 3 fully saturated rings. The number of ether oxygens (including phenoxy) is 3. The number of aliphatic hydroxyl groups excluding tert-OH is 2. The Kier molecular flexibility index (Phi) is 15.8. The number of hydrogen-bond acceptors (Lipinski definition) is 14. The molecule has 25 heteroatoms. The van der Waals surface area contributed by atoms with Crippen molar-refractivity contribution in [1.29, 1.82) is 0 Å². The second kappa shape index (κ2) is 23.1. The first-order chi connectivity index (χ1) is 40.2. The van der Waals surface area contributed by atoms with Gasteiger partial charge in [0.1, 0.15) is 65.6 Å². The maximum absolute atomic E-state index is 15.9. The summed E-state index contributed by atoms with van der Waals surface area (Å²) in [5.41, 5.74) is -0.234. The van der Waals surface area contributed by atoms with E-state index >= 15 is 17.6 Å². The van der Waals surface area contributed by atoms with Gasteiger partial charge in [-0.3, -0.25) is 14.7 Å². The number of piperazine rings is 1. The molecule has 5 aromatic carbocycles. The zero-order valence-corrected chi connectivity index (χ0v) is 46.0. The van der Waals surface area contributed by atoms with Crippen LogP contribution in [0.25, 0.3) is 55.3 Å². The van der Waals surface area contributed by atoms with Gasteiger partial charge >= 0.3 is 12.2 Å². The minimum absolute atomic E-state index is 0.00292. The number of carbonyl (C=O) groups excluding carboxylic acids is 2. The molecule has 0 unspecified atom stereocenters. The number of hydrogen-bond donors (Lipinski definition) is 5. The van der Waals surface area contributed by atoms with Crippen molar-refractivity contribution in [2.24, 2.45) is 5.92 Å². The number of β-amino-alcohol motifs (C(OH)–C–C–N with tert-alkyl or cyclic N) is 1. The van der Waals surface area contributed by atoms with Crippen molar-refractivity contribution in [3.05, 3.63) is 131 Å². The summed E-state index contributed by atoms with van der Waals surface area (Å²) in [5, 5.41) is 43.0. The summed E-state index contributed by atoms with van der Waals surface area (Å²) in [6.07, 6.45) is -2.97. The molecule has 2 bridgehead atoms. The molecule has 3 aliphatic rings. The normalized spacial score (nSPS) is 19.0. The molecule has 18 nitrogen and oxygen atoms in total. The monoisotopic (exact) mass is 1170 g/mol. The van der Waals surface area contributed by atoms with Gasteiger partial charge < -0.3 is 44.9 Å². The van der Waals surface area contributed by atoms with E-state index in [1.807, 2.05) is 4.90 Å². The largest absolute Gasteiger partial charge is 0.486 e. The highest BCUT2D eigenvalue weighted by molar-refractivity contribution is 6.06. The van der Waals surface area contributed by atoms with E-state index in [0.717, 1.165) is 12.5 Å². The molecule has 7 atom stereocenters. The summed E-state index contributed by atoms with van der Waals surface area (Å²) in [5.74, 6) is -5.81. The van der Waals surface area contributed by atoms with Gasteiger partial charge in [-0.05, 0) is 60.6 Å². The molecule has 0 spiro atoms. The Hall–Kier alpha value is -8.26. The average Bonchev–Trinajstić information content (AvgIpc) is 1.50. The van der Waals surface area contributed by atoms with Crippen LogP contribution in [0.4, 0.5) is 36.6 Å². The number of anilines is 1. The molecule has 0 aliphatic carbocycles. The number of H-pyrrole nitrogens is 1. The Bertz CT molecular complexity index is 3770. The first-order valence-corrected chi connectivity index (χ1v) is 27.2. The fourth-order valence-corrected chi connectivity index (χ4v) is 11.5. The number of benzene rings is 5. The highest BCUT2D eigenvalue weighted by Gasteiger charge is 2.45. The van der Waals surface area contributed by atoms with Crippen LogP contribution in [0.1, 0.15) is 68.0 Å². The van der Waals surface area contributed by atoms with E-state index in [0.29, 0.717) is 47.6 Å². The van der Waals surface area contributed by atoms with Gasteiger partial charge in [0.05, 0.1) is 53.9 Å². The molecule has 0 saturated carbocycles. The van der Waals surface area contributed by atoms with Crippen molar-refractivity contribution >= 4 is 39.4 Å². The van der Waals surface area contributed by atoms with Gasteiger partial charge in [-0.15, -0.1) is 5.10 Å². The Morgan fingerprint density at radius 3 is 2.25 bits per heavy atom. The maximum atomic E-state index is 15.9. The van der Waals surface area contributed by atoms with Crippen molar-refractivity contribution in [3.8, 4) is 45.3 Å². The fourth-order valence-electron chi connectivity index (χ4n) is 11.5. The number of nitrogens with one attached hydrogen (secondary N) is 3. The number of rotatable bonds is 18. The molecular weight excluding hydrogens is 1110 g/mol. The number of methoxy groups -OCH3 is 1. The Morgan fingerprint density at radius 2 is 1.60 bits per heavy atom. The lowest BCUT2D eigenvalue weighted by Crippen LogP contribution is -2.50. The summed E-state index contributed by atoms with van der Waals surface area (Å²) >= 11 is 0. The van der Waals surface area contributed by atoms with Crippen LogP contribution >= 0.6 is 0 Å². The number of aromatic amines is 1. The van der Waals surface area contributed by atoms with Gasteiger partial charge in [0.25, 0.3) is 0 Å². The summed E-state index contributed by atoms with van der Waals surface area (Å²) < 4.78 is 126. The number of amides is 2. The molecule has 3 aliphatic heterocycles. The van der Waals surface area contributed by atoms with E-state index in [9.17, 15) is 33.0 Å². The zero-order valence-electron chi connectivity index (χ0n) is 46.0. The minimum atomic E-state index is -5.00. The predicted octanol–water partition coefficient (Wildman–Crippen LogP) is 8.53. The van der Waals surface area contributed by atoms with Gasteiger partial charge in [-0.25, -0.2) is 22.2 Å². The van der Waals surface area contributed by atoms with Crippen LogP contribution in [0.2, 0.25) is 0 Å². The second-order valence-electron chi connectivity index (χ2n) is 21.8. The van der Waals surface area contributed by atoms with Gasteiger partial charge in [0, 0.05) is 84.8 Å². The molecule has 6 heterocycles. The van der Waals surface area contributed by atoms with Gasteiger partial charge in [-0.1, -0.05) is 67.6 Å². The number of alkyl halides is 3. The van der Waals surface area contributed by atoms with E-state index in [1.54, 1.807) is 51.2 Å². The Balaban J connectivity index is 0.871. The van der Waals surface area contributed by atoms with E-state index < -0.39 is 101 Å². The number of nitrogens with zero attached hydrogens (tertiary/aromatic N) is 8. The summed E-state index contributed by atoms with van der Waals surface area (Å²) in [6, 6.07) is 12.3. The molecule has 2 amide bonds. The third kappa shape index (κ3) is 11.1. The number of aromatic nitrogens is 7. The van der Waals surface area contributed by atoms with Gasteiger partial charge in [0.2, 0.25) is 11.8 Å². The summed E-state index contributed by atoms with van der Waals surface area (Å²) in [7, 11) is 1.51. The molecule has 84 heavy (non-hydrogen) atoms. The lowest BCUT2D eigenvalue weighted by atomic mass is 9.90. The molecular formula is C59H58F7N11O7. The second-order valence-corrected chi connectivity index (χ2v) is 21.8. The Morgan fingerprint density at radius 1 is 0.869 bits per heavy atom. The van der Waals surface area contributed by atoms with Crippen LogP contribution in [0, 0.1) is 36.1 Å². The Labute approximate surface area is 475 Å². The SMILES string of the molecule is CO[C@@H](C)COc1nc(N2C[C@@H]3C[C@H]2CN3)c2cc(C(F)(F)F)c(-c3c(C)c(F)cc4[nH]ncc34)c(OCc3ccc(-c4cn([C@H](C(=O)N5C[C@H](O)C[C@H]5C(=O)N[C@@H](CO)c5ccc(-c6c(F)cc(F)cc6F)cc5)C(C)C)nn4)cc3)c2n1. The van der Waals surface area contributed by atoms with Crippen LogP contribution in [0.3, 0.4) is 0 Å². The fraction of sp³-hybridized carbons (Fsp3) is 0.373. The number of halogens is 7. The van der Waals surface area contributed by atoms with Crippen LogP contribution < -0.4 is 25.0 Å². The van der Waals surface area contributed by atoms with Crippen molar-refractivity contribution < 1.29 is 64.7 Å². The number of aliphatic hydroxyl groups is 2. The van der Waals surface area contributed by atoms with Crippen molar-refractivity contribution in [3.63, 3.8) is 0 Å². The zero-order chi connectivity index (χ0) is 59.5. The summed E-state index contributed by atoms with van der Waals surface area (Å²) in [6.45, 7) is 6.68. The van der Waals surface area contributed by atoms with Crippen molar-refractivity contribution in [2.45, 2.75) is 95.7 Å². The number of carbonyl (C=O) groups is 2. The molecule has 440 valence electrons. The van der Waals surface area contributed by atoms with Crippen LogP contribution in [0.15, 0.2) is 85.2 Å². The van der Waals surface area contributed by atoms with E-state index in [2.05, 4.69) is 31.1 Å².